The van der Waals surface area contributed by atoms with E-state index >= 15 is 0 Å². The molecule has 142 valence electrons. The number of alkyl halides is 2. The van der Waals surface area contributed by atoms with Crippen molar-refractivity contribution >= 4 is 30.7 Å². The highest BCUT2D eigenvalue weighted by atomic mass is 35.5. The second-order valence-electron chi connectivity index (χ2n) is 6.68. The van der Waals surface area contributed by atoms with Crippen LogP contribution in [0, 0.1) is 5.92 Å². The number of carbonyl (C=O) groups excluding carboxylic acids is 1. The topological polar surface area (TPSA) is 44.8 Å². The van der Waals surface area contributed by atoms with Crippen molar-refractivity contribution < 1.29 is 18.3 Å². The van der Waals surface area contributed by atoms with Gasteiger partial charge in [-0.1, -0.05) is 0 Å². The van der Waals surface area contributed by atoms with E-state index in [1.54, 1.807) is 4.90 Å². The average Bonchev–Trinajstić information content (AvgIpc) is 2.88. The molecule has 3 rings (SSSR count). The molecule has 0 saturated carbocycles. The molecule has 24 heavy (non-hydrogen) atoms. The van der Waals surface area contributed by atoms with Gasteiger partial charge >= 0.3 is 0 Å². The Kier molecular flexibility index (Phi) is 8.62. The van der Waals surface area contributed by atoms with Crippen LogP contribution in [0.25, 0.3) is 0 Å². The largest absolute Gasteiger partial charge is 0.381 e. The van der Waals surface area contributed by atoms with Gasteiger partial charge in [0.25, 0.3) is 5.92 Å². The van der Waals surface area contributed by atoms with Gasteiger partial charge < -0.3 is 9.64 Å². The first-order valence-electron chi connectivity index (χ1n) is 8.24. The van der Waals surface area contributed by atoms with Crippen LogP contribution in [-0.4, -0.2) is 80.2 Å². The van der Waals surface area contributed by atoms with Crippen molar-refractivity contribution in [1.29, 1.82) is 0 Å². The molecule has 1 N–H and O–H groups in total. The Hall–Kier alpha value is -0.210. The van der Waals surface area contributed by atoms with Crippen LogP contribution in [0.5, 0.6) is 0 Å². The third-order valence-electron chi connectivity index (χ3n) is 4.95. The minimum absolute atomic E-state index is 0. The molecule has 5 nitrogen and oxygen atoms in total. The zero-order valence-corrected chi connectivity index (χ0v) is 15.3. The van der Waals surface area contributed by atoms with E-state index in [0.29, 0.717) is 19.0 Å². The SMILES string of the molecule is Cl.Cl.O=C(C1CC(F)(F)CN1)N1CCN(CC2CCOCC2)CC1. The Morgan fingerprint density at radius 3 is 2.29 bits per heavy atom. The van der Waals surface area contributed by atoms with Crippen molar-refractivity contribution in [3.63, 3.8) is 0 Å². The van der Waals surface area contributed by atoms with Crippen LogP contribution in [0.3, 0.4) is 0 Å². The summed E-state index contributed by atoms with van der Waals surface area (Å²) in [6.07, 6.45) is 1.86. The number of piperazine rings is 1. The maximum absolute atomic E-state index is 13.2. The summed E-state index contributed by atoms with van der Waals surface area (Å²) in [5, 5.41) is 2.65. The quantitative estimate of drug-likeness (QED) is 0.792. The Balaban J connectivity index is 0.00000144. The van der Waals surface area contributed by atoms with Gasteiger partial charge in [0, 0.05) is 52.4 Å². The van der Waals surface area contributed by atoms with Gasteiger partial charge in [-0.05, 0) is 18.8 Å². The smallest absolute Gasteiger partial charge is 0.262 e. The van der Waals surface area contributed by atoms with Crippen LogP contribution in [0.1, 0.15) is 19.3 Å². The van der Waals surface area contributed by atoms with Gasteiger partial charge in [-0.3, -0.25) is 15.0 Å². The summed E-state index contributed by atoms with van der Waals surface area (Å²) < 4.78 is 31.8. The summed E-state index contributed by atoms with van der Waals surface area (Å²) in [5.41, 5.74) is 0. The Bertz CT molecular complexity index is 404. The molecule has 0 aliphatic carbocycles. The number of amides is 1. The average molecular weight is 390 g/mol. The van der Waals surface area contributed by atoms with Gasteiger partial charge in [0.15, 0.2) is 0 Å². The molecule has 1 amide bonds. The fraction of sp³-hybridized carbons (Fsp3) is 0.933. The lowest BCUT2D eigenvalue weighted by Crippen LogP contribution is -2.53. The highest BCUT2D eigenvalue weighted by Crippen LogP contribution is 2.26. The van der Waals surface area contributed by atoms with E-state index in [1.165, 1.54) is 0 Å². The molecule has 0 aromatic heterocycles. The van der Waals surface area contributed by atoms with E-state index in [2.05, 4.69) is 10.2 Å². The monoisotopic (exact) mass is 389 g/mol. The molecule has 3 aliphatic rings. The second kappa shape index (κ2) is 9.48. The lowest BCUT2D eigenvalue weighted by molar-refractivity contribution is -0.135. The fourth-order valence-corrected chi connectivity index (χ4v) is 3.56. The molecule has 0 radical (unpaired) electrons. The van der Waals surface area contributed by atoms with Crippen LogP contribution in [0.15, 0.2) is 0 Å². The lowest BCUT2D eigenvalue weighted by atomic mass is 9.99. The minimum atomic E-state index is -2.74. The van der Waals surface area contributed by atoms with Crippen LogP contribution < -0.4 is 5.32 Å². The van der Waals surface area contributed by atoms with E-state index in [1.807, 2.05) is 0 Å². The molecular weight excluding hydrogens is 363 g/mol. The number of hydrogen-bond donors (Lipinski definition) is 1. The fourth-order valence-electron chi connectivity index (χ4n) is 3.56. The van der Waals surface area contributed by atoms with Crippen molar-refractivity contribution in [3.8, 4) is 0 Å². The minimum Gasteiger partial charge on any atom is -0.381 e. The van der Waals surface area contributed by atoms with Gasteiger partial charge in [0.2, 0.25) is 5.91 Å². The van der Waals surface area contributed by atoms with Crippen molar-refractivity contribution in [1.82, 2.24) is 15.1 Å². The van der Waals surface area contributed by atoms with Crippen LogP contribution in [0.2, 0.25) is 0 Å². The molecule has 0 aromatic rings. The summed E-state index contributed by atoms with van der Waals surface area (Å²) in [6, 6.07) is -0.711. The van der Waals surface area contributed by atoms with Crippen molar-refractivity contribution in [2.75, 3.05) is 52.5 Å². The molecule has 9 heteroatoms. The number of nitrogens with zero attached hydrogens (tertiary/aromatic N) is 2. The molecule has 0 aromatic carbocycles. The van der Waals surface area contributed by atoms with Gasteiger partial charge in [-0.2, -0.15) is 0 Å². The molecule has 3 saturated heterocycles. The molecule has 1 atom stereocenters. The molecule has 3 heterocycles. The van der Waals surface area contributed by atoms with Gasteiger partial charge in [0.1, 0.15) is 0 Å². The molecule has 0 spiro atoms. The Labute approximate surface area is 154 Å². The molecule has 3 aliphatic heterocycles. The highest BCUT2D eigenvalue weighted by Gasteiger charge is 2.43. The molecular formula is C15H27Cl2F2N3O2. The van der Waals surface area contributed by atoms with E-state index in [0.717, 1.165) is 45.7 Å². The van der Waals surface area contributed by atoms with Gasteiger partial charge in [0.05, 0.1) is 12.6 Å². The van der Waals surface area contributed by atoms with Gasteiger partial charge in [-0.15, -0.1) is 24.8 Å². The Morgan fingerprint density at radius 1 is 1.12 bits per heavy atom. The number of rotatable bonds is 3. The Morgan fingerprint density at radius 2 is 1.75 bits per heavy atom. The third-order valence-corrected chi connectivity index (χ3v) is 4.95. The summed E-state index contributed by atoms with van der Waals surface area (Å²) in [6.45, 7) is 5.35. The third kappa shape index (κ3) is 5.66. The summed E-state index contributed by atoms with van der Waals surface area (Å²) >= 11 is 0. The first-order valence-corrected chi connectivity index (χ1v) is 8.24. The maximum Gasteiger partial charge on any atom is 0.262 e. The zero-order chi connectivity index (χ0) is 15.6. The molecule has 1 unspecified atom stereocenters. The number of ether oxygens (including phenoxy) is 1. The van der Waals surface area contributed by atoms with E-state index in [-0.39, 0.29) is 43.7 Å². The first-order chi connectivity index (χ1) is 10.5. The zero-order valence-electron chi connectivity index (χ0n) is 13.7. The van der Waals surface area contributed by atoms with E-state index < -0.39 is 12.0 Å². The van der Waals surface area contributed by atoms with Gasteiger partial charge in [-0.25, -0.2) is 8.78 Å². The molecule has 3 fully saturated rings. The lowest BCUT2D eigenvalue weighted by Gasteiger charge is -2.38. The number of hydrogen-bond acceptors (Lipinski definition) is 4. The number of nitrogens with one attached hydrogen (secondary N) is 1. The number of carbonyl (C=O) groups is 1. The van der Waals surface area contributed by atoms with E-state index in [9.17, 15) is 13.6 Å². The van der Waals surface area contributed by atoms with E-state index in [4.69, 9.17) is 4.74 Å². The molecule has 0 bridgehead atoms. The van der Waals surface area contributed by atoms with Crippen LogP contribution in [0.4, 0.5) is 8.78 Å². The summed E-state index contributed by atoms with van der Waals surface area (Å²) in [7, 11) is 0. The van der Waals surface area contributed by atoms with Crippen LogP contribution in [-0.2, 0) is 9.53 Å². The summed E-state index contributed by atoms with van der Waals surface area (Å²) in [4.78, 5) is 16.4. The van der Waals surface area contributed by atoms with Crippen molar-refractivity contribution in [2.24, 2.45) is 5.92 Å². The van der Waals surface area contributed by atoms with Crippen molar-refractivity contribution in [2.45, 2.75) is 31.2 Å². The number of halogens is 4. The van der Waals surface area contributed by atoms with Crippen LogP contribution >= 0.6 is 24.8 Å². The predicted octanol–water partition coefficient (Wildman–Crippen LogP) is 1.40. The second-order valence-corrected chi connectivity index (χ2v) is 6.68. The normalized spacial score (nSPS) is 28.1. The highest BCUT2D eigenvalue weighted by molar-refractivity contribution is 5.85. The van der Waals surface area contributed by atoms with Crippen molar-refractivity contribution in [3.05, 3.63) is 0 Å². The summed E-state index contributed by atoms with van der Waals surface area (Å²) in [5.74, 6) is -2.22. The predicted molar refractivity (Wildman–Crippen MR) is 92.4 cm³/mol. The maximum atomic E-state index is 13.2. The standard InChI is InChI=1S/C15H25F2N3O2.2ClH/c16-15(17)9-13(18-11-15)14(21)20-5-3-19(4-6-20)10-12-1-7-22-8-2-12;;/h12-13,18H,1-11H2;2*1H. The first kappa shape index (κ1) is 21.8.